The zero-order valence-corrected chi connectivity index (χ0v) is 11.4. The molecular weight excluding hydrogens is 258 g/mol. The highest BCUT2D eigenvalue weighted by atomic mass is 35.5. The fraction of sp³-hybridized carbons (Fsp3) is 0.250. The van der Waals surface area contributed by atoms with Crippen LogP contribution in [0.15, 0.2) is 60.7 Å². The van der Waals surface area contributed by atoms with Gasteiger partial charge in [-0.25, -0.2) is 0 Å². The van der Waals surface area contributed by atoms with Gasteiger partial charge in [0.2, 0.25) is 0 Å². The summed E-state index contributed by atoms with van der Waals surface area (Å²) in [4.78, 5) is 0. The predicted molar refractivity (Wildman–Crippen MR) is 79.5 cm³/mol. The van der Waals surface area contributed by atoms with E-state index in [9.17, 15) is 5.11 Å². The molecule has 2 rings (SSSR count). The Labute approximate surface area is 119 Å². The van der Waals surface area contributed by atoms with Gasteiger partial charge >= 0.3 is 0 Å². The van der Waals surface area contributed by atoms with E-state index in [0.29, 0.717) is 6.54 Å². The molecule has 2 nitrogen and oxygen atoms in total. The maximum atomic E-state index is 9.61. The minimum absolute atomic E-state index is 0.0697. The molecule has 19 heavy (non-hydrogen) atoms. The van der Waals surface area contributed by atoms with Gasteiger partial charge in [0, 0.05) is 12.4 Å². The van der Waals surface area contributed by atoms with Gasteiger partial charge in [-0.3, -0.25) is 0 Å². The molecule has 2 N–H and O–H groups in total. The van der Waals surface area contributed by atoms with Gasteiger partial charge in [0.05, 0.1) is 12.1 Å². The molecule has 0 aliphatic rings. The fourth-order valence-corrected chi connectivity index (χ4v) is 2.14. The quantitative estimate of drug-likeness (QED) is 0.795. The van der Waals surface area contributed by atoms with E-state index >= 15 is 0 Å². The Morgan fingerprint density at radius 1 is 0.895 bits per heavy atom. The van der Waals surface area contributed by atoms with Crippen molar-refractivity contribution in [1.29, 1.82) is 0 Å². The largest absolute Gasteiger partial charge is 0.391 e. The van der Waals surface area contributed by atoms with Crippen molar-refractivity contribution in [3.8, 4) is 0 Å². The molecule has 1 atom stereocenters. The molecule has 0 radical (unpaired) electrons. The summed E-state index contributed by atoms with van der Waals surface area (Å²) in [6.45, 7) is 0.470. The summed E-state index contributed by atoms with van der Waals surface area (Å²) in [5, 5.41) is 13.0. The molecule has 0 aliphatic carbocycles. The van der Waals surface area contributed by atoms with Crippen LogP contribution in [0, 0.1) is 0 Å². The van der Waals surface area contributed by atoms with Gasteiger partial charge < -0.3 is 10.4 Å². The Kier molecular flexibility index (Phi) is 5.40. The van der Waals surface area contributed by atoms with Gasteiger partial charge in [-0.1, -0.05) is 60.7 Å². The molecule has 0 fully saturated rings. The van der Waals surface area contributed by atoms with Crippen LogP contribution in [-0.2, 0) is 0 Å². The van der Waals surface area contributed by atoms with E-state index in [4.69, 9.17) is 11.6 Å². The number of nitrogens with one attached hydrogen (secondary N) is 1. The third-order valence-corrected chi connectivity index (χ3v) is 3.36. The second-order valence-corrected chi connectivity index (χ2v) is 4.78. The van der Waals surface area contributed by atoms with Gasteiger partial charge in [-0.2, -0.15) is 0 Å². The number of alkyl halides is 1. The first kappa shape index (κ1) is 14.1. The Hall–Kier alpha value is -1.35. The van der Waals surface area contributed by atoms with E-state index < -0.39 is 6.10 Å². The fourth-order valence-electron chi connectivity index (χ4n) is 2.03. The van der Waals surface area contributed by atoms with Gasteiger partial charge in [-0.05, 0) is 11.1 Å². The monoisotopic (exact) mass is 275 g/mol. The van der Waals surface area contributed by atoms with E-state index in [1.54, 1.807) is 0 Å². The second-order valence-electron chi connectivity index (χ2n) is 4.47. The lowest BCUT2D eigenvalue weighted by Crippen LogP contribution is -2.31. The number of aliphatic hydroxyl groups excluding tert-OH is 1. The highest BCUT2D eigenvalue weighted by Crippen LogP contribution is 2.21. The summed E-state index contributed by atoms with van der Waals surface area (Å²) in [6, 6.07) is 20.5. The number of rotatable bonds is 6. The summed E-state index contributed by atoms with van der Waals surface area (Å²) < 4.78 is 0. The molecule has 3 heteroatoms. The van der Waals surface area contributed by atoms with Gasteiger partial charge in [0.15, 0.2) is 0 Å². The molecular formula is C16H18ClNO. The van der Waals surface area contributed by atoms with Crippen LogP contribution < -0.4 is 5.32 Å². The Morgan fingerprint density at radius 2 is 1.37 bits per heavy atom. The van der Waals surface area contributed by atoms with Crippen molar-refractivity contribution in [2.45, 2.75) is 12.1 Å². The first-order valence-corrected chi connectivity index (χ1v) is 6.92. The van der Waals surface area contributed by atoms with E-state index in [2.05, 4.69) is 29.6 Å². The molecule has 100 valence electrons. The minimum atomic E-state index is -0.531. The Balaban J connectivity index is 2.19. The summed E-state index contributed by atoms with van der Waals surface area (Å²) in [5.41, 5.74) is 2.35. The van der Waals surface area contributed by atoms with E-state index in [-0.39, 0.29) is 11.9 Å². The number of aliphatic hydroxyl groups is 1. The Morgan fingerprint density at radius 3 is 1.79 bits per heavy atom. The van der Waals surface area contributed by atoms with E-state index in [0.717, 1.165) is 0 Å². The number of hydrogen-bond donors (Lipinski definition) is 2. The Bertz CT molecular complexity index is 435. The van der Waals surface area contributed by atoms with Crippen LogP contribution in [0.4, 0.5) is 0 Å². The molecule has 0 amide bonds. The van der Waals surface area contributed by atoms with Crippen LogP contribution in [0.3, 0.4) is 0 Å². The molecule has 0 saturated carbocycles. The lowest BCUT2D eigenvalue weighted by Gasteiger charge is -2.21. The first-order valence-electron chi connectivity index (χ1n) is 6.38. The van der Waals surface area contributed by atoms with Gasteiger partial charge in [-0.15, -0.1) is 11.6 Å². The second kappa shape index (κ2) is 7.29. The third-order valence-electron chi connectivity index (χ3n) is 3.00. The lowest BCUT2D eigenvalue weighted by molar-refractivity contribution is 0.191. The van der Waals surface area contributed by atoms with Crippen molar-refractivity contribution in [2.24, 2.45) is 0 Å². The predicted octanol–water partition coefficient (Wildman–Crippen LogP) is 2.97. The normalized spacial score (nSPS) is 12.6. The average Bonchev–Trinajstić information content (AvgIpc) is 2.49. The van der Waals surface area contributed by atoms with Gasteiger partial charge in [0.1, 0.15) is 0 Å². The molecule has 0 unspecified atom stereocenters. The maximum Gasteiger partial charge on any atom is 0.0799 e. The molecule has 0 aromatic heterocycles. The van der Waals surface area contributed by atoms with Gasteiger partial charge in [0.25, 0.3) is 0 Å². The van der Waals surface area contributed by atoms with Crippen molar-refractivity contribution >= 4 is 11.6 Å². The highest BCUT2D eigenvalue weighted by Gasteiger charge is 2.14. The molecule has 0 spiro atoms. The van der Waals surface area contributed by atoms with Crippen molar-refractivity contribution in [2.75, 3.05) is 12.4 Å². The highest BCUT2D eigenvalue weighted by molar-refractivity contribution is 6.18. The topological polar surface area (TPSA) is 32.3 Å². The molecule has 0 aliphatic heterocycles. The lowest BCUT2D eigenvalue weighted by atomic mass is 9.98. The zero-order chi connectivity index (χ0) is 13.5. The van der Waals surface area contributed by atoms with E-state index in [1.165, 1.54) is 11.1 Å². The van der Waals surface area contributed by atoms with E-state index in [1.807, 2.05) is 36.4 Å². The van der Waals surface area contributed by atoms with Crippen molar-refractivity contribution in [3.05, 3.63) is 71.8 Å². The average molecular weight is 276 g/mol. The standard InChI is InChI=1S/C16H18ClNO/c17-11-15(19)12-18-16(13-7-3-1-4-8-13)14-9-5-2-6-10-14/h1-10,15-16,18-19H,11-12H2/t15-/m0/s1. The smallest absolute Gasteiger partial charge is 0.0799 e. The molecule has 0 saturated heterocycles. The van der Waals surface area contributed by atoms with Crippen molar-refractivity contribution in [3.63, 3.8) is 0 Å². The minimum Gasteiger partial charge on any atom is -0.391 e. The summed E-state index contributed by atoms with van der Waals surface area (Å²) in [5.74, 6) is 0.239. The number of benzene rings is 2. The van der Waals surface area contributed by atoms with Crippen LogP contribution in [0.25, 0.3) is 0 Å². The van der Waals surface area contributed by atoms with Crippen molar-refractivity contribution in [1.82, 2.24) is 5.32 Å². The molecule has 2 aromatic rings. The maximum absolute atomic E-state index is 9.61. The van der Waals surface area contributed by atoms with Crippen LogP contribution >= 0.6 is 11.6 Å². The zero-order valence-electron chi connectivity index (χ0n) is 10.7. The first-order chi connectivity index (χ1) is 9.31. The van der Waals surface area contributed by atoms with Crippen molar-refractivity contribution < 1.29 is 5.11 Å². The summed E-state index contributed by atoms with van der Waals surface area (Å²) >= 11 is 5.64. The number of halogens is 1. The van der Waals surface area contributed by atoms with Crippen LogP contribution in [0.5, 0.6) is 0 Å². The summed E-state index contributed by atoms with van der Waals surface area (Å²) in [6.07, 6.45) is -0.531. The summed E-state index contributed by atoms with van der Waals surface area (Å²) in [7, 11) is 0. The molecule has 0 bridgehead atoms. The SMILES string of the molecule is O[C@@H](CCl)CNC(c1ccccc1)c1ccccc1. The third kappa shape index (κ3) is 4.06. The van der Waals surface area contributed by atoms with Crippen LogP contribution in [0.2, 0.25) is 0 Å². The number of hydrogen-bond acceptors (Lipinski definition) is 2. The molecule has 2 aromatic carbocycles. The molecule has 0 heterocycles. The van der Waals surface area contributed by atoms with Crippen LogP contribution in [-0.4, -0.2) is 23.6 Å². The van der Waals surface area contributed by atoms with Crippen LogP contribution in [0.1, 0.15) is 17.2 Å².